The minimum atomic E-state index is -0.169. The lowest BCUT2D eigenvalue weighted by Crippen LogP contribution is -2.43. The van der Waals surface area contributed by atoms with Crippen molar-refractivity contribution in [1.82, 2.24) is 9.97 Å². The summed E-state index contributed by atoms with van der Waals surface area (Å²) in [6, 6.07) is 1.74. The average Bonchev–Trinajstić information content (AvgIpc) is 2.52. The molecule has 0 unspecified atom stereocenters. The normalized spacial score (nSPS) is 25.3. The van der Waals surface area contributed by atoms with E-state index in [9.17, 15) is 5.11 Å². The molecule has 3 rings (SSSR count). The van der Waals surface area contributed by atoms with Crippen molar-refractivity contribution in [1.29, 1.82) is 0 Å². The van der Waals surface area contributed by atoms with E-state index in [-0.39, 0.29) is 24.9 Å². The van der Waals surface area contributed by atoms with Crippen LogP contribution in [0.1, 0.15) is 31.4 Å². The van der Waals surface area contributed by atoms with Gasteiger partial charge in [-0.1, -0.05) is 5.92 Å². The van der Waals surface area contributed by atoms with Gasteiger partial charge in [0.25, 0.3) is 0 Å². The van der Waals surface area contributed by atoms with Crippen molar-refractivity contribution in [2.24, 2.45) is 0 Å². The molecule has 2 heterocycles. The van der Waals surface area contributed by atoms with Gasteiger partial charge in [0.05, 0.1) is 18.3 Å². The standard InChI is InChI=1S/C16H21N3O3/c20-9-1-2-12-3-6-17-16(18-12)19-7-4-14(5-8-19)22-15-10-13(21)11-15/h3,6,13-15,20-21H,4-5,7-11H2. The van der Waals surface area contributed by atoms with Crippen molar-refractivity contribution in [2.75, 3.05) is 24.6 Å². The zero-order valence-corrected chi connectivity index (χ0v) is 12.5. The predicted octanol–water partition coefficient (Wildman–Crippen LogP) is 0.329. The Balaban J connectivity index is 1.52. The summed E-state index contributed by atoms with van der Waals surface area (Å²) in [6.45, 7) is 1.55. The van der Waals surface area contributed by atoms with E-state index in [0.29, 0.717) is 11.6 Å². The van der Waals surface area contributed by atoms with Gasteiger partial charge >= 0.3 is 0 Å². The maximum Gasteiger partial charge on any atom is 0.226 e. The van der Waals surface area contributed by atoms with Crippen molar-refractivity contribution in [2.45, 2.75) is 44.0 Å². The lowest BCUT2D eigenvalue weighted by atomic mass is 9.92. The van der Waals surface area contributed by atoms with Gasteiger partial charge in [-0.25, -0.2) is 9.97 Å². The summed E-state index contributed by atoms with van der Waals surface area (Å²) >= 11 is 0. The highest BCUT2D eigenvalue weighted by Gasteiger charge is 2.31. The Morgan fingerprint density at radius 1 is 1.27 bits per heavy atom. The van der Waals surface area contributed by atoms with Crippen molar-refractivity contribution in [3.05, 3.63) is 18.0 Å². The van der Waals surface area contributed by atoms with Gasteiger partial charge in [0.1, 0.15) is 12.3 Å². The number of ether oxygens (including phenoxy) is 1. The summed E-state index contributed by atoms with van der Waals surface area (Å²) in [7, 11) is 0. The van der Waals surface area contributed by atoms with E-state index in [1.807, 2.05) is 0 Å². The molecular weight excluding hydrogens is 282 g/mol. The van der Waals surface area contributed by atoms with Gasteiger partial charge in [-0.15, -0.1) is 0 Å². The van der Waals surface area contributed by atoms with Crippen molar-refractivity contribution in [3.63, 3.8) is 0 Å². The number of anilines is 1. The van der Waals surface area contributed by atoms with Crippen molar-refractivity contribution in [3.8, 4) is 11.8 Å². The molecular formula is C16H21N3O3. The fourth-order valence-corrected chi connectivity index (χ4v) is 2.81. The van der Waals surface area contributed by atoms with Crippen LogP contribution in [0, 0.1) is 11.8 Å². The Labute approximate surface area is 130 Å². The van der Waals surface area contributed by atoms with Crippen LogP contribution in [0.4, 0.5) is 5.95 Å². The lowest BCUT2D eigenvalue weighted by molar-refractivity contribution is -0.108. The van der Waals surface area contributed by atoms with E-state index in [1.165, 1.54) is 0 Å². The van der Waals surface area contributed by atoms with Gasteiger partial charge in [0, 0.05) is 19.3 Å². The fourth-order valence-electron chi connectivity index (χ4n) is 2.81. The van der Waals surface area contributed by atoms with Crippen LogP contribution in [-0.4, -0.2) is 58.2 Å². The first-order valence-electron chi connectivity index (χ1n) is 7.76. The molecule has 1 saturated carbocycles. The zero-order chi connectivity index (χ0) is 15.4. The molecule has 2 aliphatic rings. The number of aromatic nitrogens is 2. The fraction of sp³-hybridized carbons (Fsp3) is 0.625. The third-order valence-electron chi connectivity index (χ3n) is 4.12. The Bertz CT molecular complexity index is 555. The van der Waals surface area contributed by atoms with Gasteiger partial charge < -0.3 is 19.8 Å². The predicted molar refractivity (Wildman–Crippen MR) is 81.3 cm³/mol. The Morgan fingerprint density at radius 3 is 2.73 bits per heavy atom. The monoisotopic (exact) mass is 303 g/mol. The second-order valence-corrected chi connectivity index (χ2v) is 5.77. The topological polar surface area (TPSA) is 78.7 Å². The van der Waals surface area contributed by atoms with Crippen LogP contribution >= 0.6 is 0 Å². The van der Waals surface area contributed by atoms with E-state index in [1.54, 1.807) is 12.3 Å². The number of piperidine rings is 1. The summed E-state index contributed by atoms with van der Waals surface area (Å²) in [6.07, 6.45) is 5.48. The maximum absolute atomic E-state index is 9.29. The molecule has 1 aromatic heterocycles. The molecule has 22 heavy (non-hydrogen) atoms. The van der Waals surface area contributed by atoms with Crippen LogP contribution in [0.25, 0.3) is 0 Å². The summed E-state index contributed by atoms with van der Waals surface area (Å²) in [5.74, 6) is 6.08. The quantitative estimate of drug-likeness (QED) is 0.784. The molecule has 1 aromatic rings. The second kappa shape index (κ2) is 7.05. The minimum absolute atomic E-state index is 0.166. The molecule has 0 amide bonds. The first kappa shape index (κ1) is 15.2. The SMILES string of the molecule is OCC#Cc1ccnc(N2CCC(OC3CC(O)C3)CC2)n1. The molecule has 6 heteroatoms. The van der Waals surface area contributed by atoms with Crippen LogP contribution in [0.5, 0.6) is 0 Å². The summed E-state index contributed by atoms with van der Waals surface area (Å²) in [5.41, 5.74) is 0.626. The van der Waals surface area contributed by atoms with Gasteiger partial charge in [0.2, 0.25) is 5.95 Å². The smallest absolute Gasteiger partial charge is 0.226 e. The van der Waals surface area contributed by atoms with Crippen molar-refractivity contribution >= 4 is 5.95 Å². The van der Waals surface area contributed by atoms with Crippen LogP contribution in [0.2, 0.25) is 0 Å². The molecule has 2 N–H and O–H groups in total. The summed E-state index contributed by atoms with van der Waals surface area (Å²) < 4.78 is 5.98. The molecule has 0 radical (unpaired) electrons. The number of aliphatic hydroxyl groups is 2. The van der Waals surface area contributed by atoms with Crippen molar-refractivity contribution < 1.29 is 14.9 Å². The average molecular weight is 303 g/mol. The minimum Gasteiger partial charge on any atom is -0.393 e. The summed E-state index contributed by atoms with van der Waals surface area (Å²) in [5, 5.41) is 18.0. The number of aliphatic hydroxyl groups excluding tert-OH is 2. The summed E-state index contributed by atoms with van der Waals surface area (Å²) in [4.78, 5) is 10.9. The van der Waals surface area contributed by atoms with Crippen LogP contribution in [-0.2, 0) is 4.74 Å². The maximum atomic E-state index is 9.29. The highest BCUT2D eigenvalue weighted by Crippen LogP contribution is 2.27. The first-order valence-corrected chi connectivity index (χ1v) is 7.76. The highest BCUT2D eigenvalue weighted by molar-refractivity contribution is 5.36. The molecule has 6 nitrogen and oxygen atoms in total. The van der Waals surface area contributed by atoms with E-state index in [4.69, 9.17) is 9.84 Å². The Kier molecular flexibility index (Phi) is 4.88. The third kappa shape index (κ3) is 3.74. The van der Waals surface area contributed by atoms with Gasteiger partial charge in [-0.05, 0) is 37.7 Å². The molecule has 0 bridgehead atoms. The van der Waals surface area contributed by atoms with Gasteiger partial charge in [0.15, 0.2) is 0 Å². The van der Waals surface area contributed by atoms with Gasteiger partial charge in [-0.3, -0.25) is 0 Å². The van der Waals surface area contributed by atoms with E-state index in [2.05, 4.69) is 26.7 Å². The number of nitrogens with zero attached hydrogens (tertiary/aromatic N) is 3. The Morgan fingerprint density at radius 2 is 2.05 bits per heavy atom. The molecule has 1 aliphatic heterocycles. The number of hydrogen-bond donors (Lipinski definition) is 2. The Hall–Kier alpha value is -1.68. The van der Waals surface area contributed by atoms with E-state index in [0.717, 1.165) is 38.8 Å². The first-order chi connectivity index (χ1) is 10.7. The number of hydrogen-bond acceptors (Lipinski definition) is 6. The molecule has 0 spiro atoms. The third-order valence-corrected chi connectivity index (χ3v) is 4.12. The number of rotatable bonds is 3. The van der Waals surface area contributed by atoms with Crippen LogP contribution in [0.3, 0.4) is 0 Å². The molecule has 0 aromatic carbocycles. The highest BCUT2D eigenvalue weighted by atomic mass is 16.5. The molecule has 118 valence electrons. The van der Waals surface area contributed by atoms with Crippen LogP contribution in [0.15, 0.2) is 12.3 Å². The molecule has 0 atom stereocenters. The van der Waals surface area contributed by atoms with E-state index >= 15 is 0 Å². The largest absolute Gasteiger partial charge is 0.393 e. The molecule has 1 aliphatic carbocycles. The lowest BCUT2D eigenvalue weighted by Gasteiger charge is -2.38. The zero-order valence-electron chi connectivity index (χ0n) is 12.5. The van der Waals surface area contributed by atoms with E-state index < -0.39 is 0 Å². The van der Waals surface area contributed by atoms with Gasteiger partial charge in [-0.2, -0.15) is 0 Å². The molecule has 2 fully saturated rings. The molecule has 1 saturated heterocycles. The van der Waals surface area contributed by atoms with Crippen LogP contribution < -0.4 is 4.90 Å². The second-order valence-electron chi connectivity index (χ2n) is 5.77.